The number of allylic oxidation sites excluding steroid dienone is 1. The Balaban J connectivity index is 2.29. The van der Waals surface area contributed by atoms with Crippen LogP contribution >= 0.6 is 0 Å². The molecule has 0 aliphatic carbocycles. The van der Waals surface area contributed by atoms with Gasteiger partial charge in [0.15, 0.2) is 0 Å². The number of amidine groups is 1. The number of nitrogens with zero attached hydrogens (tertiary/aromatic N) is 2. The van der Waals surface area contributed by atoms with Crippen LogP contribution in [0.1, 0.15) is 0 Å². The third kappa shape index (κ3) is 2.83. The first kappa shape index (κ1) is 13.3. The van der Waals surface area contributed by atoms with Gasteiger partial charge in [0.05, 0.1) is 17.4 Å². The maximum Gasteiger partial charge on any atom is 0.126 e. The maximum atomic E-state index is 7.14. The molecular weight excluding hydrogens is 254 g/mol. The van der Waals surface area contributed by atoms with E-state index in [0.29, 0.717) is 11.3 Å². The van der Waals surface area contributed by atoms with Gasteiger partial charge in [-0.25, -0.2) is 4.99 Å². The second kappa shape index (κ2) is 5.70. The summed E-state index contributed by atoms with van der Waals surface area (Å²) in [4.78, 5) is 4.23. The highest BCUT2D eigenvalue weighted by atomic mass is 15.1. The van der Waals surface area contributed by atoms with Crippen LogP contribution in [0.5, 0.6) is 0 Å². The summed E-state index contributed by atoms with van der Waals surface area (Å²) in [6, 6.07) is 5.54. The van der Waals surface area contributed by atoms with Gasteiger partial charge in [0.2, 0.25) is 0 Å². The van der Waals surface area contributed by atoms with Crippen LogP contribution in [-0.4, -0.2) is 22.2 Å². The number of H-pyrrole nitrogens is 1. The molecule has 0 radical (unpaired) electrons. The van der Waals surface area contributed by atoms with Gasteiger partial charge in [0.1, 0.15) is 5.84 Å². The van der Waals surface area contributed by atoms with Gasteiger partial charge < -0.3 is 22.6 Å². The van der Waals surface area contributed by atoms with Gasteiger partial charge in [0, 0.05) is 35.1 Å². The maximum absolute atomic E-state index is 7.14. The first-order chi connectivity index (χ1) is 9.63. The Morgan fingerprint density at radius 1 is 1.35 bits per heavy atom. The van der Waals surface area contributed by atoms with Crippen molar-refractivity contribution in [2.24, 2.45) is 22.2 Å². The van der Waals surface area contributed by atoms with Crippen molar-refractivity contribution in [3.63, 3.8) is 0 Å². The zero-order chi connectivity index (χ0) is 14.5. The third-order valence-electron chi connectivity index (χ3n) is 2.66. The first-order valence-electron chi connectivity index (χ1n) is 5.81. The summed E-state index contributed by atoms with van der Waals surface area (Å²) < 4.78 is 0. The molecule has 0 saturated heterocycles. The fraction of sp³-hybridized carbons (Fsp3) is 0. The predicted octanol–water partition coefficient (Wildman–Crippen LogP) is 0.886. The summed E-state index contributed by atoms with van der Waals surface area (Å²) in [5.74, 6) is 0.225. The van der Waals surface area contributed by atoms with E-state index in [1.54, 1.807) is 6.20 Å². The molecule has 20 heavy (non-hydrogen) atoms. The summed E-state index contributed by atoms with van der Waals surface area (Å²) in [6.45, 7) is 0. The number of hydrogen-bond donors (Lipinski definition) is 5. The highest BCUT2D eigenvalue weighted by Crippen LogP contribution is 2.19. The smallest absolute Gasteiger partial charge is 0.126 e. The number of aromatic amines is 1. The SMILES string of the molecule is N=CC(=CN)/C(N)=C/C(N)=Nc1ccc2cn[nH]c2c1. The number of nitrogens with two attached hydrogens (primary N) is 3. The fourth-order valence-electron chi connectivity index (χ4n) is 1.65. The van der Waals surface area contributed by atoms with E-state index in [1.807, 2.05) is 18.2 Å². The minimum atomic E-state index is 0.225. The van der Waals surface area contributed by atoms with Gasteiger partial charge in [-0.1, -0.05) is 0 Å². The van der Waals surface area contributed by atoms with Crippen LogP contribution in [0.2, 0.25) is 0 Å². The quantitative estimate of drug-likeness (QED) is 0.319. The Bertz CT molecular complexity index is 721. The van der Waals surface area contributed by atoms with E-state index >= 15 is 0 Å². The van der Waals surface area contributed by atoms with E-state index in [9.17, 15) is 0 Å². The van der Waals surface area contributed by atoms with Gasteiger partial charge in [-0.3, -0.25) is 5.10 Å². The molecule has 2 rings (SSSR count). The number of nitrogens with one attached hydrogen (secondary N) is 2. The molecule has 1 heterocycles. The minimum Gasteiger partial charge on any atom is -0.404 e. The van der Waals surface area contributed by atoms with E-state index in [4.69, 9.17) is 22.6 Å². The van der Waals surface area contributed by atoms with Gasteiger partial charge in [0.25, 0.3) is 0 Å². The lowest BCUT2D eigenvalue weighted by Gasteiger charge is -2.01. The summed E-state index contributed by atoms with van der Waals surface area (Å²) in [6.07, 6.45) is 5.48. The molecule has 0 bridgehead atoms. The second-order valence-electron chi connectivity index (χ2n) is 4.04. The van der Waals surface area contributed by atoms with Crippen molar-refractivity contribution in [3.8, 4) is 0 Å². The average Bonchev–Trinajstić information content (AvgIpc) is 2.87. The fourth-order valence-corrected chi connectivity index (χ4v) is 1.65. The molecule has 0 aliphatic rings. The molecule has 0 spiro atoms. The molecule has 0 atom stereocenters. The Hall–Kier alpha value is -3.09. The standard InChI is InChI=1S/C13H15N7/c14-5-9(6-15)11(16)4-13(17)19-10-2-1-8-7-18-20-12(8)3-10/h1-7,14H,15-16H2,(H2,17,19)(H,18,20)/b9-6?,11-4-,14-5?. The Morgan fingerprint density at radius 2 is 2.15 bits per heavy atom. The molecule has 0 aliphatic heterocycles. The van der Waals surface area contributed by atoms with Crippen molar-refractivity contribution < 1.29 is 0 Å². The molecular formula is C13H15N7. The number of hydrogen-bond acceptors (Lipinski definition) is 5. The van der Waals surface area contributed by atoms with Crippen LogP contribution in [0.3, 0.4) is 0 Å². The van der Waals surface area contributed by atoms with Gasteiger partial charge in [-0.05, 0) is 18.2 Å². The molecule has 8 N–H and O–H groups in total. The molecule has 0 unspecified atom stereocenters. The number of rotatable bonds is 4. The van der Waals surface area contributed by atoms with Crippen LogP contribution in [0.25, 0.3) is 10.9 Å². The molecule has 7 heteroatoms. The van der Waals surface area contributed by atoms with Crippen LogP contribution < -0.4 is 17.2 Å². The molecule has 2 aromatic rings. The molecule has 1 aromatic carbocycles. The molecule has 0 saturated carbocycles. The van der Waals surface area contributed by atoms with Crippen molar-refractivity contribution in [3.05, 3.63) is 47.9 Å². The Labute approximate surface area is 115 Å². The Kier molecular flexibility index (Phi) is 3.80. The lowest BCUT2D eigenvalue weighted by Crippen LogP contribution is -2.13. The number of aromatic nitrogens is 2. The normalized spacial score (nSPS) is 13.7. The minimum absolute atomic E-state index is 0.225. The van der Waals surface area contributed by atoms with E-state index in [0.717, 1.165) is 17.1 Å². The van der Waals surface area contributed by atoms with Crippen LogP contribution in [-0.2, 0) is 0 Å². The molecule has 0 amide bonds. The number of benzene rings is 1. The third-order valence-corrected chi connectivity index (χ3v) is 2.66. The van der Waals surface area contributed by atoms with Gasteiger partial charge >= 0.3 is 0 Å². The van der Waals surface area contributed by atoms with Crippen LogP contribution in [0, 0.1) is 5.41 Å². The summed E-state index contributed by atoms with van der Waals surface area (Å²) >= 11 is 0. The number of fused-ring (bicyclic) bond motifs is 1. The monoisotopic (exact) mass is 269 g/mol. The van der Waals surface area contributed by atoms with E-state index in [-0.39, 0.29) is 11.5 Å². The van der Waals surface area contributed by atoms with E-state index in [1.165, 1.54) is 12.3 Å². The molecule has 1 aromatic heterocycles. The largest absolute Gasteiger partial charge is 0.404 e. The first-order valence-corrected chi connectivity index (χ1v) is 5.81. The van der Waals surface area contributed by atoms with Crippen LogP contribution in [0.4, 0.5) is 5.69 Å². The van der Waals surface area contributed by atoms with Crippen molar-refractivity contribution >= 4 is 28.6 Å². The molecule has 102 valence electrons. The Morgan fingerprint density at radius 3 is 2.85 bits per heavy atom. The zero-order valence-electron chi connectivity index (χ0n) is 10.7. The topological polar surface area (TPSA) is 143 Å². The predicted molar refractivity (Wildman–Crippen MR) is 80.7 cm³/mol. The van der Waals surface area contributed by atoms with Crippen molar-refractivity contribution in [2.45, 2.75) is 0 Å². The highest BCUT2D eigenvalue weighted by molar-refractivity contribution is 5.97. The van der Waals surface area contributed by atoms with Gasteiger partial charge in [-0.2, -0.15) is 5.10 Å². The summed E-state index contributed by atoms with van der Waals surface area (Å²) in [5, 5.41) is 14.9. The number of aliphatic imine (C=N–C) groups is 1. The molecule has 7 nitrogen and oxygen atoms in total. The average molecular weight is 269 g/mol. The molecule has 0 fully saturated rings. The zero-order valence-corrected chi connectivity index (χ0v) is 10.7. The van der Waals surface area contributed by atoms with Crippen molar-refractivity contribution in [2.75, 3.05) is 0 Å². The second-order valence-corrected chi connectivity index (χ2v) is 4.04. The van der Waals surface area contributed by atoms with E-state index < -0.39 is 0 Å². The lowest BCUT2D eigenvalue weighted by molar-refractivity contribution is 1.12. The van der Waals surface area contributed by atoms with Crippen molar-refractivity contribution in [1.29, 1.82) is 5.41 Å². The van der Waals surface area contributed by atoms with E-state index in [2.05, 4.69) is 15.2 Å². The van der Waals surface area contributed by atoms with Gasteiger partial charge in [-0.15, -0.1) is 0 Å². The van der Waals surface area contributed by atoms with Crippen LogP contribution in [0.15, 0.2) is 52.9 Å². The lowest BCUT2D eigenvalue weighted by atomic mass is 10.2. The highest BCUT2D eigenvalue weighted by Gasteiger charge is 2.00. The summed E-state index contributed by atoms with van der Waals surface area (Å²) in [7, 11) is 0. The summed E-state index contributed by atoms with van der Waals surface area (Å²) in [5.41, 5.74) is 19.1. The van der Waals surface area contributed by atoms with Crippen molar-refractivity contribution in [1.82, 2.24) is 10.2 Å².